The summed E-state index contributed by atoms with van der Waals surface area (Å²) in [5.74, 6) is 0.462. The zero-order valence-corrected chi connectivity index (χ0v) is 11.4. The third-order valence-corrected chi connectivity index (χ3v) is 4.11. The summed E-state index contributed by atoms with van der Waals surface area (Å²) in [5, 5.41) is 3.49. The zero-order valence-electron chi connectivity index (χ0n) is 10.6. The van der Waals surface area contributed by atoms with E-state index in [0.717, 1.165) is 12.6 Å². The smallest absolute Gasteiger partial charge is 0.123 e. The quantitative estimate of drug-likeness (QED) is 0.869. The molecular formula is C15H16FNOS. The number of hydrogen-bond acceptors (Lipinski definition) is 3. The van der Waals surface area contributed by atoms with Gasteiger partial charge in [-0.2, -0.15) is 0 Å². The second-order valence-electron chi connectivity index (χ2n) is 4.77. The minimum Gasteiger partial charge on any atom is -0.488 e. The third kappa shape index (κ3) is 3.78. The maximum atomic E-state index is 12.7. The van der Waals surface area contributed by atoms with Crippen LogP contribution in [-0.2, 0) is 13.2 Å². The molecule has 0 bridgehead atoms. The first-order valence-electron chi connectivity index (χ1n) is 6.49. The highest BCUT2D eigenvalue weighted by molar-refractivity contribution is 7.11. The Hall–Kier alpha value is -1.39. The SMILES string of the molecule is Fc1ccc(OCc2ccc(CNC3CC3)s2)cc1. The molecule has 19 heavy (non-hydrogen) atoms. The molecule has 0 amide bonds. The fraction of sp³-hybridized carbons (Fsp3) is 0.333. The normalized spacial score (nSPS) is 14.6. The first-order chi connectivity index (χ1) is 9.29. The van der Waals surface area contributed by atoms with Gasteiger partial charge in [0.15, 0.2) is 0 Å². The minimum atomic E-state index is -0.239. The van der Waals surface area contributed by atoms with E-state index in [2.05, 4.69) is 17.4 Å². The van der Waals surface area contributed by atoms with Gasteiger partial charge in [0.05, 0.1) is 0 Å². The molecule has 1 saturated carbocycles. The van der Waals surface area contributed by atoms with Gasteiger partial charge < -0.3 is 10.1 Å². The van der Waals surface area contributed by atoms with E-state index < -0.39 is 0 Å². The van der Waals surface area contributed by atoms with Crippen LogP contribution >= 0.6 is 11.3 Å². The van der Waals surface area contributed by atoms with Crippen LogP contribution in [0.4, 0.5) is 4.39 Å². The molecule has 0 atom stereocenters. The lowest BCUT2D eigenvalue weighted by Gasteiger charge is -2.04. The number of thiophene rings is 1. The number of nitrogens with one attached hydrogen (secondary N) is 1. The van der Waals surface area contributed by atoms with Crippen LogP contribution in [0.1, 0.15) is 22.6 Å². The number of rotatable bonds is 6. The van der Waals surface area contributed by atoms with Crippen LogP contribution in [0.15, 0.2) is 36.4 Å². The summed E-state index contributed by atoms with van der Waals surface area (Å²) in [7, 11) is 0. The van der Waals surface area contributed by atoms with Crippen molar-refractivity contribution in [1.29, 1.82) is 0 Å². The average Bonchev–Trinajstić information content (AvgIpc) is 3.15. The molecule has 1 aromatic heterocycles. The number of halogens is 1. The van der Waals surface area contributed by atoms with Crippen molar-refractivity contribution in [2.75, 3.05) is 0 Å². The van der Waals surface area contributed by atoms with Crippen LogP contribution in [0.25, 0.3) is 0 Å². The molecule has 0 aliphatic heterocycles. The predicted molar refractivity (Wildman–Crippen MR) is 74.9 cm³/mol. The van der Waals surface area contributed by atoms with Crippen LogP contribution in [0.2, 0.25) is 0 Å². The first-order valence-corrected chi connectivity index (χ1v) is 7.30. The highest BCUT2D eigenvalue weighted by Gasteiger charge is 2.20. The molecular weight excluding hydrogens is 261 g/mol. The molecule has 2 aromatic rings. The molecule has 2 nitrogen and oxygen atoms in total. The van der Waals surface area contributed by atoms with Crippen LogP contribution in [0.3, 0.4) is 0 Å². The van der Waals surface area contributed by atoms with E-state index in [4.69, 9.17) is 4.74 Å². The van der Waals surface area contributed by atoms with Crippen LogP contribution in [-0.4, -0.2) is 6.04 Å². The molecule has 1 aliphatic carbocycles. The Bertz CT molecular complexity index is 533. The third-order valence-electron chi connectivity index (χ3n) is 3.05. The zero-order chi connectivity index (χ0) is 13.1. The lowest BCUT2D eigenvalue weighted by Crippen LogP contribution is -2.14. The van der Waals surface area contributed by atoms with Gasteiger partial charge in [0.1, 0.15) is 18.2 Å². The van der Waals surface area contributed by atoms with Crippen LogP contribution < -0.4 is 10.1 Å². The van der Waals surface area contributed by atoms with Crippen molar-refractivity contribution in [3.05, 3.63) is 52.0 Å². The van der Waals surface area contributed by atoms with Crippen LogP contribution in [0.5, 0.6) is 5.75 Å². The summed E-state index contributed by atoms with van der Waals surface area (Å²) in [4.78, 5) is 2.53. The molecule has 1 N–H and O–H groups in total. The van der Waals surface area contributed by atoms with E-state index in [-0.39, 0.29) is 5.82 Å². The standard InChI is InChI=1S/C15H16FNOS/c16-11-1-5-13(6-2-11)18-10-15-8-7-14(19-15)9-17-12-3-4-12/h1-2,5-8,12,17H,3-4,9-10H2. The van der Waals surface area contributed by atoms with Gasteiger partial charge in [0.2, 0.25) is 0 Å². The van der Waals surface area contributed by atoms with Gasteiger partial charge in [0, 0.05) is 22.3 Å². The molecule has 0 spiro atoms. The molecule has 1 heterocycles. The van der Waals surface area contributed by atoms with Crippen molar-refractivity contribution in [3.63, 3.8) is 0 Å². The lowest BCUT2D eigenvalue weighted by atomic mass is 10.3. The fourth-order valence-corrected chi connectivity index (χ4v) is 2.69. The monoisotopic (exact) mass is 277 g/mol. The second-order valence-corrected chi connectivity index (χ2v) is 6.02. The maximum Gasteiger partial charge on any atom is 0.123 e. The minimum absolute atomic E-state index is 0.239. The van der Waals surface area contributed by atoms with Gasteiger partial charge in [-0.15, -0.1) is 11.3 Å². The van der Waals surface area contributed by atoms with Crippen molar-refractivity contribution < 1.29 is 9.13 Å². The Morgan fingerprint density at radius 3 is 2.58 bits per heavy atom. The van der Waals surface area contributed by atoms with Gasteiger partial charge in [-0.25, -0.2) is 4.39 Å². The van der Waals surface area contributed by atoms with E-state index in [0.29, 0.717) is 12.4 Å². The van der Waals surface area contributed by atoms with Crippen molar-refractivity contribution in [2.24, 2.45) is 0 Å². The van der Waals surface area contributed by atoms with E-state index in [1.165, 1.54) is 34.7 Å². The van der Waals surface area contributed by atoms with Gasteiger partial charge >= 0.3 is 0 Å². The molecule has 100 valence electrons. The molecule has 1 aromatic carbocycles. The highest BCUT2D eigenvalue weighted by atomic mass is 32.1. The number of benzene rings is 1. The molecule has 1 aliphatic rings. The summed E-state index contributed by atoms with van der Waals surface area (Å²) in [6, 6.07) is 11.1. The largest absolute Gasteiger partial charge is 0.488 e. The Labute approximate surface area is 116 Å². The molecule has 3 rings (SSSR count). The van der Waals surface area contributed by atoms with E-state index in [9.17, 15) is 4.39 Å². The van der Waals surface area contributed by atoms with Crippen molar-refractivity contribution in [3.8, 4) is 5.75 Å². The highest BCUT2D eigenvalue weighted by Crippen LogP contribution is 2.22. The molecule has 0 unspecified atom stereocenters. The van der Waals surface area contributed by atoms with Crippen molar-refractivity contribution in [2.45, 2.75) is 32.0 Å². The Kier molecular flexibility index (Phi) is 3.80. The second kappa shape index (κ2) is 5.72. The van der Waals surface area contributed by atoms with Crippen molar-refractivity contribution in [1.82, 2.24) is 5.32 Å². The summed E-state index contributed by atoms with van der Waals surface area (Å²) >= 11 is 1.76. The predicted octanol–water partition coefficient (Wildman–Crippen LogP) is 3.72. The van der Waals surface area contributed by atoms with E-state index in [1.807, 2.05) is 0 Å². The first kappa shape index (κ1) is 12.6. The summed E-state index contributed by atoms with van der Waals surface area (Å²) in [5.41, 5.74) is 0. The van der Waals surface area contributed by atoms with E-state index in [1.54, 1.807) is 23.5 Å². The Morgan fingerprint density at radius 1 is 1.11 bits per heavy atom. The van der Waals surface area contributed by atoms with Gasteiger partial charge in [0.25, 0.3) is 0 Å². The summed E-state index contributed by atoms with van der Waals surface area (Å²) in [6.45, 7) is 1.49. The average molecular weight is 277 g/mol. The Balaban J connectivity index is 1.50. The fourth-order valence-electron chi connectivity index (χ4n) is 1.81. The summed E-state index contributed by atoms with van der Waals surface area (Å²) < 4.78 is 18.4. The number of ether oxygens (including phenoxy) is 1. The number of hydrogen-bond donors (Lipinski definition) is 1. The maximum absolute atomic E-state index is 12.7. The molecule has 0 radical (unpaired) electrons. The topological polar surface area (TPSA) is 21.3 Å². The van der Waals surface area contributed by atoms with Gasteiger partial charge in [-0.05, 0) is 49.2 Å². The molecule has 0 saturated heterocycles. The lowest BCUT2D eigenvalue weighted by molar-refractivity contribution is 0.309. The molecule has 4 heteroatoms. The van der Waals surface area contributed by atoms with Gasteiger partial charge in [-0.3, -0.25) is 0 Å². The summed E-state index contributed by atoms with van der Waals surface area (Å²) in [6.07, 6.45) is 2.62. The van der Waals surface area contributed by atoms with E-state index >= 15 is 0 Å². The van der Waals surface area contributed by atoms with Gasteiger partial charge in [-0.1, -0.05) is 0 Å². The molecule has 1 fully saturated rings. The van der Waals surface area contributed by atoms with Crippen LogP contribution in [0, 0.1) is 5.82 Å². The van der Waals surface area contributed by atoms with Crippen molar-refractivity contribution >= 4 is 11.3 Å². The Morgan fingerprint density at radius 2 is 1.84 bits per heavy atom.